The highest BCUT2D eigenvalue weighted by molar-refractivity contribution is 6.32. The summed E-state index contributed by atoms with van der Waals surface area (Å²) < 4.78 is 19.3. The summed E-state index contributed by atoms with van der Waals surface area (Å²) in [5, 5.41) is 1.23. The molecule has 2 aromatic rings. The minimum Gasteiger partial charge on any atom is -0.493 e. The SMILES string of the molecule is COc1c(F)ccc2ncc(Cl)c(CCN3CCC(N)CC3)c12.Cl.Cl. The van der Waals surface area contributed by atoms with Gasteiger partial charge in [-0.2, -0.15) is 0 Å². The molecule has 1 aromatic heterocycles. The Labute approximate surface area is 164 Å². The van der Waals surface area contributed by atoms with Crippen molar-refractivity contribution in [3.05, 3.63) is 34.7 Å². The lowest BCUT2D eigenvalue weighted by Crippen LogP contribution is -2.40. The van der Waals surface area contributed by atoms with Crippen molar-refractivity contribution in [1.29, 1.82) is 0 Å². The van der Waals surface area contributed by atoms with Gasteiger partial charge in [0, 0.05) is 18.8 Å². The molecule has 1 aliphatic rings. The zero-order chi connectivity index (χ0) is 16.4. The fourth-order valence-corrected chi connectivity index (χ4v) is 3.40. The molecule has 0 aliphatic carbocycles. The molecule has 0 radical (unpaired) electrons. The second kappa shape index (κ2) is 9.74. The summed E-state index contributed by atoms with van der Waals surface area (Å²) in [6, 6.07) is 3.34. The number of hydrogen-bond acceptors (Lipinski definition) is 4. The van der Waals surface area contributed by atoms with Crippen molar-refractivity contribution >= 4 is 47.3 Å². The summed E-state index contributed by atoms with van der Waals surface area (Å²) in [5.41, 5.74) is 7.53. The standard InChI is InChI=1S/C17H21ClFN3O.2ClH/c1-23-17-14(19)2-3-15-16(17)12(13(18)10-21-15)6-9-22-7-4-11(20)5-8-22;;/h2-3,10-11H,4-9,20H2,1H3;2*1H. The maximum Gasteiger partial charge on any atom is 0.165 e. The molecule has 3 rings (SSSR count). The van der Waals surface area contributed by atoms with Gasteiger partial charge < -0.3 is 15.4 Å². The van der Waals surface area contributed by atoms with Crippen molar-refractivity contribution in [3.63, 3.8) is 0 Å². The average Bonchev–Trinajstić information content (AvgIpc) is 2.55. The number of aromatic nitrogens is 1. The lowest BCUT2D eigenvalue weighted by atomic mass is 10.0. The zero-order valence-electron chi connectivity index (χ0n) is 14.0. The Kier molecular flexibility index (Phi) is 8.64. The highest BCUT2D eigenvalue weighted by Gasteiger charge is 2.19. The van der Waals surface area contributed by atoms with Crippen molar-refractivity contribution in [2.45, 2.75) is 25.3 Å². The maximum absolute atomic E-state index is 14.0. The first kappa shape index (κ1) is 22.2. The summed E-state index contributed by atoms with van der Waals surface area (Å²) in [4.78, 5) is 6.66. The molecule has 25 heavy (non-hydrogen) atoms. The van der Waals surface area contributed by atoms with Crippen LogP contribution < -0.4 is 10.5 Å². The van der Waals surface area contributed by atoms with Crippen LogP contribution >= 0.6 is 36.4 Å². The average molecular weight is 411 g/mol. The molecule has 2 heterocycles. The van der Waals surface area contributed by atoms with Gasteiger partial charge in [0.1, 0.15) is 0 Å². The van der Waals surface area contributed by atoms with E-state index in [-0.39, 0.29) is 30.6 Å². The fraction of sp³-hybridized carbons (Fsp3) is 0.471. The molecule has 0 bridgehead atoms. The van der Waals surface area contributed by atoms with Crippen LogP contribution in [0.3, 0.4) is 0 Å². The number of nitrogens with two attached hydrogens (primary N) is 1. The van der Waals surface area contributed by atoms with Crippen molar-refractivity contribution in [2.24, 2.45) is 5.73 Å². The molecule has 0 spiro atoms. The van der Waals surface area contributed by atoms with Crippen LogP contribution in [0.1, 0.15) is 18.4 Å². The second-order valence-corrected chi connectivity index (χ2v) is 6.40. The predicted molar refractivity (Wildman–Crippen MR) is 105 cm³/mol. The van der Waals surface area contributed by atoms with Gasteiger partial charge >= 0.3 is 0 Å². The number of pyridine rings is 1. The Morgan fingerprint density at radius 2 is 2.00 bits per heavy atom. The fourth-order valence-electron chi connectivity index (χ4n) is 3.16. The van der Waals surface area contributed by atoms with E-state index >= 15 is 0 Å². The summed E-state index contributed by atoms with van der Waals surface area (Å²) in [6.07, 6.45) is 4.39. The van der Waals surface area contributed by atoms with Crippen molar-refractivity contribution in [3.8, 4) is 5.75 Å². The van der Waals surface area contributed by atoms with Crippen LogP contribution in [0.5, 0.6) is 5.75 Å². The maximum atomic E-state index is 14.0. The molecular formula is C17H23Cl3FN3O. The van der Waals surface area contributed by atoms with Crippen LogP contribution in [-0.4, -0.2) is 42.7 Å². The number of methoxy groups -OCH3 is 1. The van der Waals surface area contributed by atoms with Crippen molar-refractivity contribution < 1.29 is 9.13 Å². The molecule has 0 amide bonds. The van der Waals surface area contributed by atoms with E-state index in [1.54, 1.807) is 12.3 Å². The van der Waals surface area contributed by atoms with Crippen molar-refractivity contribution in [1.82, 2.24) is 9.88 Å². The van der Waals surface area contributed by atoms with Crippen LogP contribution in [0.15, 0.2) is 18.3 Å². The molecular weight excluding hydrogens is 388 g/mol. The van der Waals surface area contributed by atoms with Crippen molar-refractivity contribution in [2.75, 3.05) is 26.7 Å². The third kappa shape index (κ3) is 4.86. The monoisotopic (exact) mass is 409 g/mol. The molecule has 140 valence electrons. The van der Waals surface area contributed by atoms with Gasteiger partial charge in [-0.3, -0.25) is 4.98 Å². The largest absolute Gasteiger partial charge is 0.493 e. The second-order valence-electron chi connectivity index (χ2n) is 5.99. The first-order valence-electron chi connectivity index (χ1n) is 7.87. The number of likely N-dealkylation sites (tertiary alicyclic amines) is 1. The van der Waals surface area contributed by atoms with E-state index in [1.165, 1.54) is 13.2 Å². The Morgan fingerprint density at radius 3 is 2.64 bits per heavy atom. The van der Waals surface area contributed by atoms with Gasteiger partial charge in [-0.15, -0.1) is 24.8 Å². The van der Waals surface area contributed by atoms with E-state index in [9.17, 15) is 4.39 Å². The highest BCUT2D eigenvalue weighted by atomic mass is 35.5. The van der Waals surface area contributed by atoms with Crippen LogP contribution in [0, 0.1) is 5.82 Å². The first-order chi connectivity index (χ1) is 11.1. The number of hydrogen-bond donors (Lipinski definition) is 1. The Hall–Kier alpha value is -0.850. The molecule has 8 heteroatoms. The van der Waals surface area contributed by atoms with Crippen LogP contribution in [0.4, 0.5) is 4.39 Å². The Morgan fingerprint density at radius 1 is 1.32 bits per heavy atom. The molecule has 0 atom stereocenters. The lowest BCUT2D eigenvalue weighted by Gasteiger charge is -2.30. The van der Waals surface area contributed by atoms with E-state index in [1.807, 2.05) is 0 Å². The summed E-state index contributed by atoms with van der Waals surface area (Å²) in [5.74, 6) is -0.178. The lowest BCUT2D eigenvalue weighted by molar-refractivity contribution is 0.216. The predicted octanol–water partition coefficient (Wildman–Crippen LogP) is 3.85. The molecule has 0 saturated carbocycles. The zero-order valence-corrected chi connectivity index (χ0v) is 16.4. The molecule has 4 nitrogen and oxygen atoms in total. The molecule has 0 unspecified atom stereocenters. The normalized spacial score (nSPS) is 15.5. The van der Waals surface area contributed by atoms with E-state index in [2.05, 4.69) is 9.88 Å². The van der Waals surface area contributed by atoms with Crippen LogP contribution in [0.25, 0.3) is 10.9 Å². The molecule has 1 aromatic carbocycles. The quantitative estimate of drug-likeness (QED) is 0.832. The topological polar surface area (TPSA) is 51.4 Å². The molecule has 2 N–H and O–H groups in total. The van der Waals surface area contributed by atoms with Gasteiger partial charge in [0.15, 0.2) is 11.6 Å². The molecule has 1 fully saturated rings. The minimum absolute atomic E-state index is 0. The summed E-state index contributed by atoms with van der Waals surface area (Å²) >= 11 is 6.35. The number of fused-ring (bicyclic) bond motifs is 1. The number of rotatable bonds is 4. The number of halogens is 4. The summed E-state index contributed by atoms with van der Waals surface area (Å²) in [6.45, 7) is 2.85. The highest BCUT2D eigenvalue weighted by Crippen LogP contribution is 2.34. The Balaban J connectivity index is 0.00000156. The van der Waals surface area contributed by atoms with E-state index in [0.717, 1.165) is 44.5 Å². The van der Waals surface area contributed by atoms with Gasteiger partial charge in [0.25, 0.3) is 0 Å². The smallest absolute Gasteiger partial charge is 0.165 e. The van der Waals surface area contributed by atoms with Gasteiger partial charge in [-0.05, 0) is 50.0 Å². The Bertz CT molecular complexity index is 704. The van der Waals surface area contributed by atoms with Crippen LogP contribution in [0.2, 0.25) is 5.02 Å². The number of ether oxygens (including phenoxy) is 1. The molecule has 1 aliphatic heterocycles. The molecule has 1 saturated heterocycles. The third-order valence-corrected chi connectivity index (χ3v) is 4.83. The van der Waals surface area contributed by atoms with Gasteiger partial charge in [-0.25, -0.2) is 4.39 Å². The first-order valence-corrected chi connectivity index (χ1v) is 8.25. The third-order valence-electron chi connectivity index (χ3n) is 4.51. The number of benzene rings is 1. The van der Waals surface area contributed by atoms with E-state index in [4.69, 9.17) is 22.1 Å². The van der Waals surface area contributed by atoms with Gasteiger partial charge in [0.2, 0.25) is 0 Å². The van der Waals surface area contributed by atoms with E-state index in [0.29, 0.717) is 22.0 Å². The van der Waals surface area contributed by atoms with Gasteiger partial charge in [0.05, 0.1) is 23.0 Å². The van der Waals surface area contributed by atoms with Gasteiger partial charge in [-0.1, -0.05) is 11.6 Å². The summed E-state index contributed by atoms with van der Waals surface area (Å²) in [7, 11) is 1.47. The number of nitrogens with zero attached hydrogens (tertiary/aromatic N) is 2. The minimum atomic E-state index is -0.394. The van der Waals surface area contributed by atoms with Crippen LogP contribution in [-0.2, 0) is 6.42 Å². The van der Waals surface area contributed by atoms with E-state index < -0.39 is 5.82 Å². The number of piperidine rings is 1.